The van der Waals surface area contributed by atoms with Crippen molar-refractivity contribution in [2.24, 2.45) is 0 Å². The van der Waals surface area contributed by atoms with Gasteiger partial charge in [0.2, 0.25) is 0 Å². The fourth-order valence-corrected chi connectivity index (χ4v) is 1.98. The van der Waals surface area contributed by atoms with E-state index in [1.165, 1.54) is 19.2 Å². The van der Waals surface area contributed by atoms with Crippen molar-refractivity contribution in [1.29, 1.82) is 0 Å². The molecule has 2 aromatic carbocycles. The van der Waals surface area contributed by atoms with E-state index in [4.69, 9.17) is 16.3 Å². The molecule has 0 saturated carbocycles. The van der Waals surface area contributed by atoms with Crippen molar-refractivity contribution >= 4 is 11.6 Å². The first kappa shape index (κ1) is 12.9. The maximum Gasteiger partial charge on any atom is 0.173 e. The predicted molar refractivity (Wildman–Crippen MR) is 68.5 cm³/mol. The van der Waals surface area contributed by atoms with Gasteiger partial charge in [0.15, 0.2) is 11.6 Å². The lowest BCUT2D eigenvalue weighted by Crippen LogP contribution is -2.04. The van der Waals surface area contributed by atoms with Gasteiger partial charge >= 0.3 is 0 Å². The highest BCUT2D eigenvalue weighted by atomic mass is 35.5. The van der Waals surface area contributed by atoms with Gasteiger partial charge in [-0.1, -0.05) is 48.0 Å². The maximum absolute atomic E-state index is 14.1. The summed E-state index contributed by atoms with van der Waals surface area (Å²) >= 11 is 5.81. The predicted octanol–water partition coefficient (Wildman–Crippen LogP) is 3.57. The van der Waals surface area contributed by atoms with Crippen LogP contribution in [0.15, 0.2) is 42.5 Å². The molecular formula is C14H12ClFO2. The fourth-order valence-electron chi connectivity index (χ4n) is 1.76. The van der Waals surface area contributed by atoms with Gasteiger partial charge in [0.05, 0.1) is 12.1 Å². The highest BCUT2D eigenvalue weighted by Crippen LogP contribution is 2.34. The zero-order chi connectivity index (χ0) is 13.1. The number of hydrogen-bond donors (Lipinski definition) is 1. The molecule has 94 valence electrons. The number of aliphatic hydroxyl groups is 1. The largest absolute Gasteiger partial charge is 0.492 e. The van der Waals surface area contributed by atoms with Crippen LogP contribution < -0.4 is 4.74 Å². The minimum Gasteiger partial charge on any atom is -0.492 e. The van der Waals surface area contributed by atoms with E-state index in [0.717, 1.165) is 0 Å². The molecule has 0 spiro atoms. The lowest BCUT2D eigenvalue weighted by atomic mass is 10.0. The zero-order valence-electron chi connectivity index (χ0n) is 9.73. The minimum absolute atomic E-state index is 0.0517. The Morgan fingerprint density at radius 1 is 1.17 bits per heavy atom. The number of hydrogen-bond acceptors (Lipinski definition) is 2. The van der Waals surface area contributed by atoms with Crippen molar-refractivity contribution in [1.82, 2.24) is 0 Å². The van der Waals surface area contributed by atoms with Gasteiger partial charge in [-0.3, -0.25) is 0 Å². The SMILES string of the molecule is COc1c(Cl)ccc(C(O)c2ccccc2)c1F. The molecule has 0 aliphatic rings. The first-order chi connectivity index (χ1) is 8.65. The van der Waals surface area contributed by atoms with Gasteiger partial charge in [-0.05, 0) is 11.6 Å². The second-order valence-corrected chi connectivity index (χ2v) is 4.20. The molecule has 0 radical (unpaired) electrons. The summed E-state index contributed by atoms with van der Waals surface area (Å²) in [6.45, 7) is 0. The second kappa shape index (κ2) is 5.38. The number of aliphatic hydroxyl groups excluding tert-OH is 1. The van der Waals surface area contributed by atoms with Crippen LogP contribution in [0, 0.1) is 5.82 Å². The van der Waals surface area contributed by atoms with Gasteiger partial charge in [0.25, 0.3) is 0 Å². The lowest BCUT2D eigenvalue weighted by Gasteiger charge is -2.14. The van der Waals surface area contributed by atoms with Crippen LogP contribution in [0.3, 0.4) is 0 Å². The first-order valence-electron chi connectivity index (χ1n) is 5.40. The minimum atomic E-state index is -1.04. The summed E-state index contributed by atoms with van der Waals surface area (Å²) in [6, 6.07) is 11.8. The van der Waals surface area contributed by atoms with E-state index in [-0.39, 0.29) is 16.3 Å². The molecule has 0 fully saturated rings. The maximum atomic E-state index is 14.1. The molecule has 0 amide bonds. The first-order valence-corrected chi connectivity index (χ1v) is 5.78. The quantitative estimate of drug-likeness (QED) is 0.920. The van der Waals surface area contributed by atoms with E-state index in [1.54, 1.807) is 24.3 Å². The molecule has 0 aromatic heterocycles. The van der Waals surface area contributed by atoms with Crippen molar-refractivity contribution in [3.63, 3.8) is 0 Å². The molecule has 2 nitrogen and oxygen atoms in total. The van der Waals surface area contributed by atoms with E-state index in [9.17, 15) is 9.50 Å². The molecular weight excluding hydrogens is 255 g/mol. The number of methoxy groups -OCH3 is 1. The Hall–Kier alpha value is -1.58. The molecule has 2 aromatic rings. The summed E-state index contributed by atoms with van der Waals surface area (Å²) in [6.07, 6.45) is -1.04. The average Bonchev–Trinajstić information content (AvgIpc) is 2.40. The molecule has 0 aliphatic heterocycles. The topological polar surface area (TPSA) is 29.5 Å². The van der Waals surface area contributed by atoms with E-state index in [1.807, 2.05) is 6.07 Å². The van der Waals surface area contributed by atoms with E-state index in [0.29, 0.717) is 5.56 Å². The summed E-state index contributed by atoms with van der Waals surface area (Å²) in [7, 11) is 1.34. The average molecular weight is 267 g/mol. The Kier molecular flexibility index (Phi) is 3.84. The fraction of sp³-hybridized carbons (Fsp3) is 0.143. The molecule has 0 aliphatic carbocycles. The highest BCUT2D eigenvalue weighted by Gasteiger charge is 2.19. The summed E-state index contributed by atoms with van der Waals surface area (Å²) < 4.78 is 19.0. The Labute approximate surface area is 110 Å². The molecule has 0 heterocycles. The Morgan fingerprint density at radius 3 is 2.44 bits per heavy atom. The van der Waals surface area contributed by atoms with Crippen LogP contribution in [0.2, 0.25) is 5.02 Å². The van der Waals surface area contributed by atoms with Crippen molar-refractivity contribution < 1.29 is 14.2 Å². The molecule has 0 saturated heterocycles. The van der Waals surface area contributed by atoms with Crippen molar-refractivity contribution in [3.05, 3.63) is 64.4 Å². The number of rotatable bonds is 3. The van der Waals surface area contributed by atoms with Gasteiger partial charge in [-0.15, -0.1) is 0 Å². The third-order valence-electron chi connectivity index (χ3n) is 2.69. The van der Waals surface area contributed by atoms with Crippen LogP contribution >= 0.6 is 11.6 Å². The standard InChI is InChI=1S/C14H12ClFO2/c1-18-14-11(15)8-7-10(12(14)16)13(17)9-5-3-2-4-6-9/h2-8,13,17H,1H3. The van der Waals surface area contributed by atoms with E-state index < -0.39 is 11.9 Å². The molecule has 4 heteroatoms. The third kappa shape index (κ3) is 2.33. The van der Waals surface area contributed by atoms with E-state index in [2.05, 4.69) is 0 Å². The second-order valence-electron chi connectivity index (χ2n) is 3.80. The summed E-state index contributed by atoms with van der Waals surface area (Å²) in [5.41, 5.74) is 0.753. The third-order valence-corrected chi connectivity index (χ3v) is 2.99. The highest BCUT2D eigenvalue weighted by molar-refractivity contribution is 6.32. The number of halogens is 2. The van der Waals surface area contributed by atoms with Crippen LogP contribution in [0.1, 0.15) is 17.2 Å². The number of benzene rings is 2. The lowest BCUT2D eigenvalue weighted by molar-refractivity contribution is 0.213. The Balaban J connectivity index is 2.46. The van der Waals surface area contributed by atoms with Gasteiger partial charge in [0.1, 0.15) is 6.10 Å². The van der Waals surface area contributed by atoms with Crippen LogP contribution in [-0.4, -0.2) is 12.2 Å². The molecule has 0 bridgehead atoms. The summed E-state index contributed by atoms with van der Waals surface area (Å²) in [5.74, 6) is -0.689. The molecule has 1 atom stereocenters. The Morgan fingerprint density at radius 2 is 1.83 bits per heavy atom. The van der Waals surface area contributed by atoms with Crippen molar-refractivity contribution in [2.45, 2.75) is 6.10 Å². The van der Waals surface area contributed by atoms with Crippen LogP contribution in [0.5, 0.6) is 5.75 Å². The van der Waals surface area contributed by atoms with Gasteiger partial charge in [-0.2, -0.15) is 0 Å². The Bertz CT molecular complexity index is 543. The van der Waals surface area contributed by atoms with E-state index >= 15 is 0 Å². The van der Waals surface area contributed by atoms with Crippen molar-refractivity contribution in [2.75, 3.05) is 7.11 Å². The van der Waals surface area contributed by atoms with Crippen LogP contribution in [0.25, 0.3) is 0 Å². The molecule has 1 N–H and O–H groups in total. The zero-order valence-corrected chi connectivity index (χ0v) is 10.5. The summed E-state index contributed by atoms with van der Waals surface area (Å²) in [5, 5.41) is 10.3. The van der Waals surface area contributed by atoms with Gasteiger partial charge < -0.3 is 9.84 Å². The van der Waals surface area contributed by atoms with Crippen LogP contribution in [0.4, 0.5) is 4.39 Å². The number of ether oxygens (including phenoxy) is 1. The molecule has 18 heavy (non-hydrogen) atoms. The van der Waals surface area contributed by atoms with Gasteiger partial charge in [-0.25, -0.2) is 4.39 Å². The molecule has 2 rings (SSSR count). The van der Waals surface area contributed by atoms with Crippen LogP contribution in [-0.2, 0) is 0 Å². The normalized spacial score (nSPS) is 12.2. The van der Waals surface area contributed by atoms with Crippen molar-refractivity contribution in [3.8, 4) is 5.75 Å². The summed E-state index contributed by atoms with van der Waals surface area (Å²) in [4.78, 5) is 0. The molecule has 1 unspecified atom stereocenters. The smallest absolute Gasteiger partial charge is 0.173 e. The van der Waals surface area contributed by atoms with Gasteiger partial charge in [0, 0.05) is 5.56 Å². The monoisotopic (exact) mass is 266 g/mol.